The minimum atomic E-state index is -0.371. The first-order valence-corrected chi connectivity index (χ1v) is 5.85. The van der Waals surface area contributed by atoms with E-state index in [1.807, 2.05) is 0 Å². The van der Waals surface area contributed by atoms with E-state index in [9.17, 15) is 9.18 Å². The second-order valence-electron chi connectivity index (χ2n) is 4.08. The Morgan fingerprint density at radius 1 is 1.53 bits per heavy atom. The van der Waals surface area contributed by atoms with Crippen molar-refractivity contribution in [2.45, 2.75) is 19.4 Å². The van der Waals surface area contributed by atoms with Gasteiger partial charge in [0, 0.05) is 25.1 Å². The molecule has 0 spiro atoms. The van der Waals surface area contributed by atoms with Gasteiger partial charge in [-0.05, 0) is 24.1 Å². The summed E-state index contributed by atoms with van der Waals surface area (Å²) in [6, 6.07) is 4.31. The first-order valence-electron chi connectivity index (χ1n) is 5.44. The van der Waals surface area contributed by atoms with Gasteiger partial charge in [0.25, 0.3) is 0 Å². The van der Waals surface area contributed by atoms with Gasteiger partial charge in [-0.3, -0.25) is 4.79 Å². The van der Waals surface area contributed by atoms with E-state index in [4.69, 9.17) is 18.0 Å². The van der Waals surface area contributed by atoms with E-state index in [0.717, 1.165) is 18.5 Å². The van der Waals surface area contributed by atoms with Crippen molar-refractivity contribution in [1.29, 1.82) is 0 Å². The Morgan fingerprint density at radius 2 is 2.29 bits per heavy atom. The van der Waals surface area contributed by atoms with Crippen LogP contribution in [0.3, 0.4) is 0 Å². The van der Waals surface area contributed by atoms with Gasteiger partial charge in [-0.25, -0.2) is 4.39 Å². The molecule has 0 aliphatic carbocycles. The Balaban J connectivity index is 2.25. The number of amides is 1. The minimum absolute atomic E-state index is 0.128. The van der Waals surface area contributed by atoms with Crippen LogP contribution in [0.1, 0.15) is 24.0 Å². The lowest BCUT2D eigenvalue weighted by molar-refractivity contribution is -0.128. The number of carbonyl (C=O) groups is 1. The first kappa shape index (κ1) is 12.0. The van der Waals surface area contributed by atoms with Crippen molar-refractivity contribution in [3.8, 4) is 0 Å². The third-order valence-corrected chi connectivity index (χ3v) is 3.09. The Morgan fingerprint density at radius 3 is 2.88 bits per heavy atom. The Kier molecular flexibility index (Phi) is 3.38. The molecule has 0 atom stereocenters. The zero-order valence-electron chi connectivity index (χ0n) is 9.28. The second kappa shape index (κ2) is 4.79. The molecule has 0 saturated carbocycles. The second-order valence-corrected chi connectivity index (χ2v) is 4.52. The highest BCUT2D eigenvalue weighted by molar-refractivity contribution is 7.80. The van der Waals surface area contributed by atoms with E-state index >= 15 is 0 Å². The number of nitrogens with two attached hydrogens (primary N) is 1. The van der Waals surface area contributed by atoms with Crippen LogP contribution in [-0.4, -0.2) is 22.3 Å². The molecule has 0 unspecified atom stereocenters. The quantitative estimate of drug-likeness (QED) is 0.831. The molecule has 1 fully saturated rings. The van der Waals surface area contributed by atoms with E-state index in [-0.39, 0.29) is 16.7 Å². The molecule has 1 heterocycles. The van der Waals surface area contributed by atoms with Gasteiger partial charge in [-0.1, -0.05) is 18.3 Å². The largest absolute Gasteiger partial charge is 0.389 e. The standard InChI is InChI=1S/C12H13FN2OS/c13-9-4-3-8(10(6-9)12(14)17)7-15-5-1-2-11(15)16/h3-4,6H,1-2,5,7H2,(H2,14,17). The summed E-state index contributed by atoms with van der Waals surface area (Å²) in [5, 5.41) is 0. The van der Waals surface area contributed by atoms with Crippen LogP contribution in [0.2, 0.25) is 0 Å². The van der Waals surface area contributed by atoms with Crippen molar-refractivity contribution in [2.24, 2.45) is 5.73 Å². The van der Waals surface area contributed by atoms with E-state index in [1.54, 1.807) is 11.0 Å². The summed E-state index contributed by atoms with van der Waals surface area (Å²) in [5.74, 6) is -0.243. The number of rotatable bonds is 3. The molecule has 2 N–H and O–H groups in total. The maximum Gasteiger partial charge on any atom is 0.222 e. The van der Waals surface area contributed by atoms with Gasteiger partial charge in [0.2, 0.25) is 5.91 Å². The van der Waals surface area contributed by atoms with Crippen LogP contribution in [-0.2, 0) is 11.3 Å². The smallest absolute Gasteiger partial charge is 0.222 e. The van der Waals surface area contributed by atoms with Crippen LogP contribution in [0.15, 0.2) is 18.2 Å². The van der Waals surface area contributed by atoms with Gasteiger partial charge in [0.1, 0.15) is 10.8 Å². The van der Waals surface area contributed by atoms with Gasteiger partial charge in [0.05, 0.1) is 0 Å². The van der Waals surface area contributed by atoms with Crippen LogP contribution in [0.25, 0.3) is 0 Å². The fourth-order valence-corrected chi connectivity index (χ4v) is 2.18. The number of thiocarbonyl (C=S) groups is 1. The van der Waals surface area contributed by atoms with Gasteiger partial charge in [0.15, 0.2) is 0 Å². The van der Waals surface area contributed by atoms with Crippen molar-refractivity contribution in [3.05, 3.63) is 35.1 Å². The SMILES string of the molecule is NC(=S)c1cc(F)ccc1CN1CCCC1=O. The summed E-state index contributed by atoms with van der Waals surface area (Å²) < 4.78 is 13.1. The van der Waals surface area contributed by atoms with Crippen LogP contribution in [0.4, 0.5) is 4.39 Å². The molecule has 0 bridgehead atoms. The van der Waals surface area contributed by atoms with Gasteiger partial charge in [-0.2, -0.15) is 0 Å². The van der Waals surface area contributed by atoms with Crippen molar-refractivity contribution >= 4 is 23.1 Å². The fraction of sp³-hybridized carbons (Fsp3) is 0.333. The zero-order chi connectivity index (χ0) is 12.4. The predicted octanol–water partition coefficient (Wildman–Crippen LogP) is 1.58. The summed E-state index contributed by atoms with van der Waals surface area (Å²) in [5.41, 5.74) is 6.87. The lowest BCUT2D eigenvalue weighted by Crippen LogP contribution is -2.25. The molecule has 3 nitrogen and oxygen atoms in total. The van der Waals surface area contributed by atoms with Crippen LogP contribution in [0, 0.1) is 5.82 Å². The molecule has 17 heavy (non-hydrogen) atoms. The van der Waals surface area contributed by atoms with E-state index in [1.165, 1.54) is 12.1 Å². The summed E-state index contributed by atoms with van der Waals surface area (Å²) in [6.45, 7) is 1.19. The Labute approximate surface area is 104 Å². The van der Waals surface area contributed by atoms with Crippen molar-refractivity contribution in [3.63, 3.8) is 0 Å². The molecule has 1 aliphatic rings. The van der Waals surface area contributed by atoms with Crippen LogP contribution >= 0.6 is 12.2 Å². The summed E-state index contributed by atoms with van der Waals surface area (Å²) in [6.07, 6.45) is 1.46. The zero-order valence-corrected chi connectivity index (χ0v) is 10.1. The Hall–Kier alpha value is -1.49. The molecular weight excluding hydrogens is 239 g/mol. The fourth-order valence-electron chi connectivity index (χ4n) is 1.99. The molecule has 1 aromatic carbocycles. The molecule has 0 aromatic heterocycles. The third kappa shape index (κ3) is 2.61. The highest BCUT2D eigenvalue weighted by Crippen LogP contribution is 2.18. The monoisotopic (exact) mass is 252 g/mol. The number of benzene rings is 1. The highest BCUT2D eigenvalue weighted by Gasteiger charge is 2.21. The maximum absolute atomic E-state index is 13.1. The van der Waals surface area contributed by atoms with E-state index in [0.29, 0.717) is 18.5 Å². The lowest BCUT2D eigenvalue weighted by Gasteiger charge is -2.17. The normalized spacial score (nSPS) is 15.4. The number of nitrogens with zero attached hydrogens (tertiary/aromatic N) is 1. The Bertz CT molecular complexity index is 476. The molecule has 5 heteroatoms. The first-order chi connectivity index (χ1) is 8.08. The average molecular weight is 252 g/mol. The molecular formula is C12H13FN2OS. The summed E-state index contributed by atoms with van der Waals surface area (Å²) >= 11 is 4.89. The number of halogens is 1. The maximum atomic E-state index is 13.1. The van der Waals surface area contributed by atoms with Crippen molar-refractivity contribution in [2.75, 3.05) is 6.54 Å². The van der Waals surface area contributed by atoms with Gasteiger partial charge >= 0.3 is 0 Å². The number of likely N-dealkylation sites (tertiary alicyclic amines) is 1. The molecule has 1 aliphatic heterocycles. The predicted molar refractivity (Wildman–Crippen MR) is 66.9 cm³/mol. The van der Waals surface area contributed by atoms with Gasteiger partial charge in [-0.15, -0.1) is 0 Å². The summed E-state index contributed by atoms with van der Waals surface area (Å²) in [7, 11) is 0. The highest BCUT2D eigenvalue weighted by atomic mass is 32.1. The van der Waals surface area contributed by atoms with Crippen molar-refractivity contribution in [1.82, 2.24) is 4.90 Å². The molecule has 1 aromatic rings. The molecule has 0 radical (unpaired) electrons. The lowest BCUT2D eigenvalue weighted by atomic mass is 10.1. The minimum Gasteiger partial charge on any atom is -0.389 e. The molecule has 90 valence electrons. The van der Waals surface area contributed by atoms with Crippen LogP contribution < -0.4 is 5.73 Å². The van der Waals surface area contributed by atoms with E-state index < -0.39 is 0 Å². The number of carbonyl (C=O) groups excluding carboxylic acids is 1. The molecule has 2 rings (SSSR count). The van der Waals surface area contributed by atoms with Crippen LogP contribution in [0.5, 0.6) is 0 Å². The average Bonchev–Trinajstić information content (AvgIpc) is 2.67. The summed E-state index contributed by atoms with van der Waals surface area (Å²) in [4.78, 5) is 13.4. The molecule has 1 saturated heterocycles. The van der Waals surface area contributed by atoms with Crippen molar-refractivity contribution < 1.29 is 9.18 Å². The number of hydrogen-bond acceptors (Lipinski definition) is 2. The van der Waals surface area contributed by atoms with Gasteiger partial charge < -0.3 is 10.6 Å². The number of hydrogen-bond donors (Lipinski definition) is 1. The van der Waals surface area contributed by atoms with E-state index in [2.05, 4.69) is 0 Å². The third-order valence-electron chi connectivity index (χ3n) is 2.87. The molecule has 1 amide bonds. The topological polar surface area (TPSA) is 46.3 Å².